The zero-order chi connectivity index (χ0) is 20.2. The first-order chi connectivity index (χ1) is 12.6. The smallest absolute Gasteiger partial charge is 0.331 e. The second-order valence-electron chi connectivity index (χ2n) is 6.97. The molecule has 150 valence electrons. The zero-order valence-corrected chi connectivity index (χ0v) is 16.6. The lowest BCUT2D eigenvalue weighted by molar-refractivity contribution is -0.145. The number of hydrogen-bond acceptors (Lipinski definition) is 5. The van der Waals surface area contributed by atoms with Gasteiger partial charge in [-0.2, -0.15) is 4.31 Å². The molecule has 1 aromatic rings. The van der Waals surface area contributed by atoms with Crippen molar-refractivity contribution in [3.8, 4) is 0 Å². The van der Waals surface area contributed by atoms with Gasteiger partial charge in [-0.05, 0) is 44.4 Å². The summed E-state index contributed by atoms with van der Waals surface area (Å²) in [5, 5.41) is 11.8. The lowest BCUT2D eigenvalue weighted by Gasteiger charge is -2.27. The van der Waals surface area contributed by atoms with Crippen molar-refractivity contribution in [2.75, 3.05) is 26.8 Å². The number of rotatable bonds is 7. The minimum absolute atomic E-state index is 0.0314. The summed E-state index contributed by atoms with van der Waals surface area (Å²) in [5.41, 5.74) is -0.952. The van der Waals surface area contributed by atoms with Crippen LogP contribution in [-0.4, -0.2) is 62.1 Å². The Kier molecular flexibility index (Phi) is 6.61. The van der Waals surface area contributed by atoms with Gasteiger partial charge < -0.3 is 15.2 Å². The molecule has 0 radical (unpaired) electrons. The molecule has 1 saturated heterocycles. The average Bonchev–Trinajstić information content (AvgIpc) is 2.62. The van der Waals surface area contributed by atoms with Crippen LogP contribution in [0.3, 0.4) is 0 Å². The van der Waals surface area contributed by atoms with Gasteiger partial charge >= 0.3 is 5.97 Å². The lowest BCUT2D eigenvalue weighted by Crippen LogP contribution is -2.55. The fourth-order valence-electron chi connectivity index (χ4n) is 3.02. The number of piperidine rings is 1. The highest BCUT2D eigenvalue weighted by Gasteiger charge is 2.36. The predicted octanol–water partition coefficient (Wildman–Crippen LogP) is 1.39. The van der Waals surface area contributed by atoms with E-state index < -0.39 is 27.4 Å². The number of carbonyl (C=O) groups excluding carboxylic acids is 1. The van der Waals surface area contributed by atoms with Gasteiger partial charge in [0.2, 0.25) is 10.0 Å². The highest BCUT2D eigenvalue weighted by atomic mass is 32.2. The van der Waals surface area contributed by atoms with Crippen LogP contribution in [0.4, 0.5) is 0 Å². The molecule has 0 bridgehead atoms. The first-order valence-corrected chi connectivity index (χ1v) is 10.2. The maximum atomic E-state index is 12.8. The van der Waals surface area contributed by atoms with Gasteiger partial charge in [-0.25, -0.2) is 13.2 Å². The van der Waals surface area contributed by atoms with Crippen LogP contribution in [0, 0.1) is 6.92 Å². The number of carboxylic acids is 1. The fraction of sp³-hybridized carbons (Fsp3) is 0.556. The summed E-state index contributed by atoms with van der Waals surface area (Å²) < 4.78 is 32.0. The Morgan fingerprint density at radius 1 is 1.26 bits per heavy atom. The van der Waals surface area contributed by atoms with E-state index in [2.05, 4.69) is 5.32 Å². The Hall–Kier alpha value is -1.97. The summed E-state index contributed by atoms with van der Waals surface area (Å²) in [6.07, 6.45) is 2.62. The molecule has 8 nitrogen and oxygen atoms in total. The Balaban J connectivity index is 2.34. The molecule has 1 amide bonds. The Labute approximate surface area is 159 Å². The van der Waals surface area contributed by atoms with Gasteiger partial charge in [-0.3, -0.25) is 4.79 Å². The van der Waals surface area contributed by atoms with Crippen LogP contribution in [0.5, 0.6) is 0 Å². The highest BCUT2D eigenvalue weighted by Crippen LogP contribution is 2.23. The Bertz CT molecular complexity index is 817. The van der Waals surface area contributed by atoms with Crippen LogP contribution in [0.1, 0.15) is 42.1 Å². The molecule has 9 heteroatoms. The highest BCUT2D eigenvalue weighted by molar-refractivity contribution is 7.89. The quantitative estimate of drug-likeness (QED) is 0.718. The van der Waals surface area contributed by atoms with Crippen molar-refractivity contribution >= 4 is 21.9 Å². The summed E-state index contributed by atoms with van der Waals surface area (Å²) in [4.78, 5) is 24.2. The molecular weight excluding hydrogens is 372 g/mol. The second-order valence-corrected chi connectivity index (χ2v) is 8.90. The Morgan fingerprint density at radius 3 is 2.44 bits per heavy atom. The molecule has 1 aliphatic rings. The van der Waals surface area contributed by atoms with Crippen LogP contribution in [-0.2, 0) is 19.6 Å². The van der Waals surface area contributed by atoms with Crippen molar-refractivity contribution in [2.45, 2.75) is 43.5 Å². The van der Waals surface area contributed by atoms with Crippen molar-refractivity contribution in [3.63, 3.8) is 0 Å². The van der Waals surface area contributed by atoms with E-state index in [1.165, 1.54) is 30.5 Å². The van der Waals surface area contributed by atoms with E-state index in [9.17, 15) is 23.1 Å². The molecular formula is C18H26N2O6S. The number of aryl methyl sites for hydroxylation is 1. The molecule has 0 aromatic heterocycles. The first-order valence-electron chi connectivity index (χ1n) is 8.77. The van der Waals surface area contributed by atoms with Crippen molar-refractivity contribution < 1.29 is 27.9 Å². The molecule has 1 aliphatic heterocycles. The summed E-state index contributed by atoms with van der Waals surface area (Å²) >= 11 is 0. The van der Waals surface area contributed by atoms with Crippen LogP contribution < -0.4 is 5.32 Å². The number of amides is 1. The summed E-state index contributed by atoms with van der Waals surface area (Å²) in [6, 6.07) is 4.34. The monoisotopic (exact) mass is 398 g/mol. The number of aliphatic carboxylic acids is 1. The minimum Gasteiger partial charge on any atom is -0.479 e. The number of ether oxygens (including phenoxy) is 1. The van der Waals surface area contributed by atoms with Crippen molar-refractivity contribution in [3.05, 3.63) is 29.3 Å². The average molecular weight is 398 g/mol. The fourth-order valence-corrected chi connectivity index (χ4v) is 4.56. The van der Waals surface area contributed by atoms with Gasteiger partial charge in [0.1, 0.15) is 0 Å². The third-order valence-electron chi connectivity index (χ3n) is 4.70. The lowest BCUT2D eigenvalue weighted by atomic mass is 10.0. The van der Waals surface area contributed by atoms with Gasteiger partial charge in [0.15, 0.2) is 5.54 Å². The normalized spacial score (nSPS) is 17.9. The van der Waals surface area contributed by atoms with Crippen LogP contribution in [0.25, 0.3) is 0 Å². The summed E-state index contributed by atoms with van der Waals surface area (Å²) in [6.45, 7) is 3.70. The number of nitrogens with one attached hydrogen (secondary N) is 1. The summed E-state index contributed by atoms with van der Waals surface area (Å²) in [7, 11) is -2.36. The number of nitrogens with zero attached hydrogens (tertiary/aromatic N) is 1. The number of methoxy groups -OCH3 is 1. The SMILES string of the molecule is COCC(C)(NC(=O)c1cc(S(=O)(=O)N2CCCCC2)ccc1C)C(=O)O. The maximum absolute atomic E-state index is 12.8. The van der Waals surface area contributed by atoms with Crippen molar-refractivity contribution in [1.29, 1.82) is 0 Å². The molecule has 1 atom stereocenters. The van der Waals surface area contributed by atoms with Crippen molar-refractivity contribution in [1.82, 2.24) is 9.62 Å². The van der Waals surface area contributed by atoms with E-state index in [0.717, 1.165) is 19.3 Å². The van der Waals surface area contributed by atoms with Gasteiger partial charge in [0, 0.05) is 25.8 Å². The van der Waals surface area contributed by atoms with Gasteiger partial charge in [0.25, 0.3) is 5.91 Å². The largest absolute Gasteiger partial charge is 0.479 e. The molecule has 0 spiro atoms. The van der Waals surface area contributed by atoms with E-state index >= 15 is 0 Å². The number of carbonyl (C=O) groups is 2. The van der Waals surface area contributed by atoms with Gasteiger partial charge in [-0.1, -0.05) is 12.5 Å². The molecule has 1 heterocycles. The van der Waals surface area contributed by atoms with Crippen LogP contribution in [0.2, 0.25) is 0 Å². The minimum atomic E-state index is -3.69. The third-order valence-corrected chi connectivity index (χ3v) is 6.60. The van der Waals surface area contributed by atoms with Gasteiger partial charge in [0.05, 0.1) is 11.5 Å². The molecule has 1 aromatic carbocycles. The number of benzene rings is 1. The molecule has 1 unspecified atom stereocenters. The molecule has 0 saturated carbocycles. The van der Waals surface area contributed by atoms with Crippen LogP contribution >= 0.6 is 0 Å². The van der Waals surface area contributed by atoms with E-state index in [0.29, 0.717) is 18.7 Å². The predicted molar refractivity (Wildman–Crippen MR) is 99.2 cm³/mol. The molecule has 27 heavy (non-hydrogen) atoms. The zero-order valence-electron chi connectivity index (χ0n) is 15.8. The number of hydrogen-bond donors (Lipinski definition) is 2. The van der Waals surface area contributed by atoms with Gasteiger partial charge in [-0.15, -0.1) is 0 Å². The van der Waals surface area contributed by atoms with Crippen LogP contribution in [0.15, 0.2) is 23.1 Å². The third kappa shape index (κ3) is 4.66. The first kappa shape index (κ1) is 21.3. The van der Waals surface area contributed by atoms with E-state index in [-0.39, 0.29) is 17.1 Å². The van der Waals surface area contributed by atoms with Crippen molar-refractivity contribution in [2.24, 2.45) is 0 Å². The second kappa shape index (κ2) is 8.37. The molecule has 2 N–H and O–H groups in total. The van der Waals surface area contributed by atoms with E-state index in [1.807, 2.05) is 0 Å². The molecule has 0 aliphatic carbocycles. The van der Waals surface area contributed by atoms with E-state index in [4.69, 9.17) is 4.74 Å². The van der Waals surface area contributed by atoms with E-state index in [1.54, 1.807) is 13.0 Å². The maximum Gasteiger partial charge on any atom is 0.331 e. The Morgan fingerprint density at radius 2 is 1.89 bits per heavy atom. The topological polar surface area (TPSA) is 113 Å². The summed E-state index contributed by atoms with van der Waals surface area (Å²) in [5.74, 6) is -1.91. The molecule has 2 rings (SSSR count). The molecule has 1 fully saturated rings. The standard InChI is InChI=1S/C18H26N2O6S/c1-13-7-8-14(27(24,25)20-9-5-4-6-10-20)11-15(13)16(21)19-18(2,12-26-3)17(22)23/h7-8,11H,4-6,9-10,12H2,1-3H3,(H,19,21)(H,22,23). The number of carboxylic acid groups (broad SMARTS) is 1. The number of sulfonamides is 1.